The second-order valence-electron chi connectivity index (χ2n) is 9.65. The summed E-state index contributed by atoms with van der Waals surface area (Å²) in [7, 11) is 0. The van der Waals surface area contributed by atoms with Crippen LogP contribution in [0.2, 0.25) is 0 Å². The van der Waals surface area contributed by atoms with Gasteiger partial charge >= 0.3 is 0 Å². The van der Waals surface area contributed by atoms with Gasteiger partial charge in [-0.1, -0.05) is 42.5 Å². The molecule has 2 fully saturated rings. The summed E-state index contributed by atoms with van der Waals surface area (Å²) in [5.74, 6) is 1.86. The monoisotopic (exact) mass is 459 g/mol. The molecule has 0 saturated carbocycles. The van der Waals surface area contributed by atoms with Gasteiger partial charge < -0.3 is 14.1 Å². The third-order valence-corrected chi connectivity index (χ3v) is 6.87. The van der Waals surface area contributed by atoms with E-state index in [9.17, 15) is 4.79 Å². The first kappa shape index (κ1) is 22.8. The molecule has 2 atom stereocenters. The van der Waals surface area contributed by atoms with Gasteiger partial charge in [0.15, 0.2) is 5.76 Å². The number of carbonyl (C=O) groups is 1. The molecule has 0 spiro atoms. The van der Waals surface area contributed by atoms with Gasteiger partial charge in [-0.2, -0.15) is 0 Å². The second-order valence-corrected chi connectivity index (χ2v) is 9.65. The number of ether oxygens (including phenoxy) is 1. The Labute approximate surface area is 201 Å². The molecule has 0 N–H and O–H groups in total. The van der Waals surface area contributed by atoms with Crippen molar-refractivity contribution in [3.8, 4) is 22.8 Å². The van der Waals surface area contributed by atoms with Gasteiger partial charge in [0, 0.05) is 43.9 Å². The maximum Gasteiger partial charge on any atom is 0.254 e. The number of hydrogen-bond acceptors (Lipinski definition) is 5. The Morgan fingerprint density at radius 2 is 1.65 bits per heavy atom. The number of morpholine rings is 1. The Morgan fingerprint density at radius 1 is 0.971 bits per heavy atom. The molecule has 6 nitrogen and oxygen atoms in total. The Bertz CT molecular complexity index is 1090. The number of piperidine rings is 1. The molecule has 34 heavy (non-hydrogen) atoms. The van der Waals surface area contributed by atoms with Gasteiger partial charge in [0.2, 0.25) is 5.89 Å². The number of oxazole rings is 1. The van der Waals surface area contributed by atoms with E-state index in [1.54, 1.807) is 6.20 Å². The van der Waals surface area contributed by atoms with Gasteiger partial charge in [-0.25, -0.2) is 4.98 Å². The van der Waals surface area contributed by atoms with E-state index in [4.69, 9.17) is 9.15 Å². The zero-order valence-electron chi connectivity index (χ0n) is 20.0. The zero-order valence-corrected chi connectivity index (χ0v) is 20.0. The molecule has 178 valence electrons. The van der Waals surface area contributed by atoms with Crippen molar-refractivity contribution >= 4 is 5.91 Å². The minimum atomic E-state index is 0.0575. The molecule has 0 bridgehead atoms. The van der Waals surface area contributed by atoms with Crippen molar-refractivity contribution < 1.29 is 13.9 Å². The summed E-state index contributed by atoms with van der Waals surface area (Å²) in [4.78, 5) is 22.5. The van der Waals surface area contributed by atoms with Gasteiger partial charge in [-0.3, -0.25) is 9.69 Å². The first-order chi connectivity index (χ1) is 16.6. The van der Waals surface area contributed by atoms with Crippen LogP contribution < -0.4 is 0 Å². The van der Waals surface area contributed by atoms with E-state index in [1.165, 1.54) is 0 Å². The summed E-state index contributed by atoms with van der Waals surface area (Å²) in [5, 5.41) is 0. The summed E-state index contributed by atoms with van der Waals surface area (Å²) >= 11 is 0. The first-order valence-corrected chi connectivity index (χ1v) is 12.3. The molecule has 3 heterocycles. The molecule has 2 aromatic carbocycles. The molecule has 1 aromatic heterocycles. The third kappa shape index (κ3) is 5.08. The fourth-order valence-corrected chi connectivity index (χ4v) is 5.28. The van der Waals surface area contributed by atoms with Crippen LogP contribution in [0.3, 0.4) is 0 Å². The molecule has 0 aliphatic carbocycles. The van der Waals surface area contributed by atoms with E-state index in [2.05, 4.69) is 23.7 Å². The predicted octanol–water partition coefficient (Wildman–Crippen LogP) is 4.97. The van der Waals surface area contributed by atoms with Crippen molar-refractivity contribution in [1.82, 2.24) is 14.8 Å². The fraction of sp³-hybridized carbons (Fsp3) is 0.429. The van der Waals surface area contributed by atoms with Gasteiger partial charge in [-0.05, 0) is 44.7 Å². The van der Waals surface area contributed by atoms with E-state index in [0.29, 0.717) is 35.3 Å². The molecule has 2 aliphatic heterocycles. The lowest BCUT2D eigenvalue weighted by atomic mass is 9.94. The van der Waals surface area contributed by atoms with Crippen molar-refractivity contribution in [3.63, 3.8) is 0 Å². The number of rotatable bonds is 5. The third-order valence-electron chi connectivity index (χ3n) is 6.87. The second kappa shape index (κ2) is 10.1. The highest BCUT2D eigenvalue weighted by atomic mass is 16.5. The average Bonchev–Trinajstić information content (AvgIpc) is 3.34. The SMILES string of the molecule is CC1CN(CC2CCN(C(=O)c3ccccc3-c3ncc(-c4ccccc4)o3)CC2)CC(C)O1. The lowest BCUT2D eigenvalue weighted by molar-refractivity contribution is -0.0728. The number of aromatic nitrogens is 1. The van der Waals surface area contributed by atoms with Crippen LogP contribution in [-0.4, -0.2) is 65.6 Å². The van der Waals surface area contributed by atoms with E-state index in [0.717, 1.165) is 56.7 Å². The maximum absolute atomic E-state index is 13.5. The molecular weight excluding hydrogens is 426 g/mol. The summed E-state index contributed by atoms with van der Waals surface area (Å²) < 4.78 is 11.9. The average molecular weight is 460 g/mol. The quantitative estimate of drug-likeness (QED) is 0.539. The van der Waals surface area contributed by atoms with Crippen LogP contribution in [0.1, 0.15) is 37.0 Å². The number of carbonyl (C=O) groups excluding carboxylic acids is 1. The lowest BCUT2D eigenvalue weighted by Gasteiger charge is -2.39. The normalized spacial score (nSPS) is 22.1. The van der Waals surface area contributed by atoms with Gasteiger partial charge in [0.25, 0.3) is 5.91 Å². The van der Waals surface area contributed by atoms with Crippen LogP contribution in [-0.2, 0) is 4.74 Å². The highest BCUT2D eigenvalue weighted by Crippen LogP contribution is 2.30. The van der Waals surface area contributed by atoms with E-state index < -0.39 is 0 Å². The highest BCUT2D eigenvalue weighted by Gasteiger charge is 2.29. The van der Waals surface area contributed by atoms with Gasteiger partial charge in [0.1, 0.15) is 0 Å². The molecule has 2 aliphatic rings. The Balaban J connectivity index is 1.25. The summed E-state index contributed by atoms with van der Waals surface area (Å²) in [5.41, 5.74) is 2.36. The summed E-state index contributed by atoms with van der Waals surface area (Å²) in [6, 6.07) is 17.5. The molecule has 0 radical (unpaired) electrons. The number of benzene rings is 2. The molecule has 1 amide bonds. The molecule has 3 aromatic rings. The van der Waals surface area contributed by atoms with Gasteiger partial charge in [0.05, 0.1) is 24.0 Å². The van der Waals surface area contributed by atoms with Crippen LogP contribution in [0.15, 0.2) is 65.2 Å². The molecule has 6 heteroatoms. The van der Waals surface area contributed by atoms with Crippen LogP contribution in [0, 0.1) is 5.92 Å². The van der Waals surface area contributed by atoms with Crippen LogP contribution in [0.25, 0.3) is 22.8 Å². The summed E-state index contributed by atoms with van der Waals surface area (Å²) in [6.07, 6.45) is 4.38. The van der Waals surface area contributed by atoms with E-state index in [-0.39, 0.29) is 5.91 Å². The van der Waals surface area contributed by atoms with Crippen LogP contribution >= 0.6 is 0 Å². The van der Waals surface area contributed by atoms with Crippen molar-refractivity contribution in [3.05, 3.63) is 66.4 Å². The molecule has 2 unspecified atom stereocenters. The minimum Gasteiger partial charge on any atom is -0.436 e. The predicted molar refractivity (Wildman–Crippen MR) is 132 cm³/mol. The largest absolute Gasteiger partial charge is 0.436 e. The molecular formula is C28H33N3O3. The van der Waals surface area contributed by atoms with Crippen LogP contribution in [0.5, 0.6) is 0 Å². The smallest absolute Gasteiger partial charge is 0.254 e. The van der Waals surface area contributed by atoms with E-state index >= 15 is 0 Å². The lowest BCUT2D eigenvalue weighted by Crippen LogP contribution is -2.48. The van der Waals surface area contributed by atoms with Crippen molar-refractivity contribution in [2.75, 3.05) is 32.7 Å². The number of likely N-dealkylation sites (tertiary alicyclic amines) is 1. The van der Waals surface area contributed by atoms with Crippen molar-refractivity contribution in [2.24, 2.45) is 5.92 Å². The maximum atomic E-state index is 13.5. The minimum absolute atomic E-state index is 0.0575. The highest BCUT2D eigenvalue weighted by molar-refractivity contribution is 6.00. The Morgan fingerprint density at radius 3 is 2.38 bits per heavy atom. The number of hydrogen-bond donors (Lipinski definition) is 0. The van der Waals surface area contributed by atoms with Crippen molar-refractivity contribution in [2.45, 2.75) is 38.9 Å². The summed E-state index contributed by atoms with van der Waals surface area (Å²) in [6.45, 7) is 8.96. The Hall–Kier alpha value is -2.96. The molecule has 5 rings (SSSR count). The first-order valence-electron chi connectivity index (χ1n) is 12.3. The number of amides is 1. The molecule has 2 saturated heterocycles. The van der Waals surface area contributed by atoms with Crippen molar-refractivity contribution in [1.29, 1.82) is 0 Å². The topological polar surface area (TPSA) is 58.8 Å². The zero-order chi connectivity index (χ0) is 23.5. The number of nitrogens with zero attached hydrogens (tertiary/aromatic N) is 3. The van der Waals surface area contributed by atoms with Crippen LogP contribution in [0.4, 0.5) is 0 Å². The van der Waals surface area contributed by atoms with E-state index in [1.807, 2.05) is 59.5 Å². The fourth-order valence-electron chi connectivity index (χ4n) is 5.28. The Kier molecular flexibility index (Phi) is 6.79. The standard InChI is InChI=1S/C28H33N3O3/c1-20-17-30(18-21(2)33-20)19-22-12-14-31(15-13-22)28(32)25-11-7-6-10-24(25)27-29-16-26(34-27)23-8-4-3-5-9-23/h3-11,16,20-22H,12-15,17-19H2,1-2H3. The van der Waals surface area contributed by atoms with Gasteiger partial charge in [-0.15, -0.1) is 0 Å².